The van der Waals surface area contributed by atoms with Gasteiger partial charge in [0, 0.05) is 12.8 Å². The third-order valence-corrected chi connectivity index (χ3v) is 1.40. The molecule has 0 aliphatic rings. The fourth-order valence-corrected chi connectivity index (χ4v) is 0.526. The summed E-state index contributed by atoms with van der Waals surface area (Å²) in [6.45, 7) is 5.95. The zero-order valence-corrected chi connectivity index (χ0v) is 9.43. The standard InChI is InChI=1S/C10H16O6/c1-3-9(11)15-13-7-5-6-8-14-16-10(12)4-2/h7-8H,3-6H2,1-2H3. The summed E-state index contributed by atoms with van der Waals surface area (Å²) < 4.78 is 0. The van der Waals surface area contributed by atoms with Crippen molar-refractivity contribution >= 4 is 11.9 Å². The van der Waals surface area contributed by atoms with Crippen molar-refractivity contribution in [1.29, 1.82) is 0 Å². The third-order valence-electron chi connectivity index (χ3n) is 1.40. The second-order valence-electron chi connectivity index (χ2n) is 2.72. The summed E-state index contributed by atoms with van der Waals surface area (Å²) in [6, 6.07) is 0. The number of carbonyl (C=O) groups excluding carboxylic acids is 2. The van der Waals surface area contributed by atoms with E-state index in [9.17, 15) is 9.59 Å². The zero-order chi connectivity index (χ0) is 12.2. The number of rotatable bonds is 9. The van der Waals surface area contributed by atoms with Crippen LogP contribution < -0.4 is 0 Å². The highest BCUT2D eigenvalue weighted by Crippen LogP contribution is 2.02. The molecule has 0 aromatic heterocycles. The van der Waals surface area contributed by atoms with E-state index in [4.69, 9.17) is 0 Å². The Morgan fingerprint density at radius 1 is 0.875 bits per heavy atom. The lowest BCUT2D eigenvalue weighted by atomic mass is 10.3. The minimum atomic E-state index is -0.437. The van der Waals surface area contributed by atoms with Gasteiger partial charge in [0.2, 0.25) is 0 Å². The lowest BCUT2D eigenvalue weighted by Gasteiger charge is -2.02. The van der Waals surface area contributed by atoms with Crippen molar-refractivity contribution in [3.63, 3.8) is 0 Å². The molecule has 92 valence electrons. The first-order valence-electron chi connectivity index (χ1n) is 5.06. The van der Waals surface area contributed by atoms with Gasteiger partial charge < -0.3 is 0 Å². The molecule has 0 spiro atoms. The summed E-state index contributed by atoms with van der Waals surface area (Å²) in [6.07, 6.45) is 1.47. The van der Waals surface area contributed by atoms with Crippen LogP contribution in [-0.4, -0.2) is 11.9 Å². The van der Waals surface area contributed by atoms with E-state index in [1.165, 1.54) is 13.2 Å². The van der Waals surface area contributed by atoms with Crippen molar-refractivity contribution in [2.75, 3.05) is 0 Å². The van der Waals surface area contributed by atoms with Crippen LogP contribution in [0.4, 0.5) is 0 Å². The Hall–Kier alpha value is -1.14. The fourth-order valence-electron chi connectivity index (χ4n) is 0.526. The molecule has 0 saturated heterocycles. The summed E-state index contributed by atoms with van der Waals surface area (Å²) in [5, 5.41) is 0. The topological polar surface area (TPSA) is 71.1 Å². The molecule has 0 aromatic carbocycles. The third kappa shape index (κ3) is 9.42. The van der Waals surface area contributed by atoms with Gasteiger partial charge in [-0.15, -0.1) is 0 Å². The number of unbranched alkanes of at least 4 members (excludes halogenated alkanes) is 1. The summed E-state index contributed by atoms with van der Waals surface area (Å²) in [7, 11) is 0. The molecule has 0 N–H and O–H groups in total. The molecular formula is C10H16O6. The molecule has 16 heavy (non-hydrogen) atoms. The fraction of sp³-hybridized carbons (Fsp3) is 0.600. The van der Waals surface area contributed by atoms with Gasteiger partial charge in [-0.2, -0.15) is 9.78 Å². The van der Waals surface area contributed by atoms with Gasteiger partial charge >= 0.3 is 11.9 Å². The Kier molecular flexibility index (Phi) is 9.64. The molecule has 0 heterocycles. The molecule has 0 atom stereocenters. The molecule has 0 rings (SSSR count). The van der Waals surface area contributed by atoms with Gasteiger partial charge in [-0.3, -0.25) is 9.78 Å². The molecule has 0 bridgehead atoms. The lowest BCUT2D eigenvalue weighted by molar-refractivity contribution is -0.257. The van der Waals surface area contributed by atoms with E-state index in [1.807, 2.05) is 0 Å². The first-order chi connectivity index (χ1) is 7.70. The van der Waals surface area contributed by atoms with Gasteiger partial charge in [0.05, 0.1) is 0 Å². The maximum absolute atomic E-state index is 10.6. The number of hydrogen-bond acceptors (Lipinski definition) is 6. The second-order valence-corrected chi connectivity index (χ2v) is 2.72. The molecule has 6 nitrogen and oxygen atoms in total. The van der Waals surface area contributed by atoms with E-state index in [-0.39, 0.29) is 12.8 Å². The lowest BCUT2D eigenvalue weighted by Crippen LogP contribution is -2.03. The predicted molar refractivity (Wildman–Crippen MR) is 52.8 cm³/mol. The maximum Gasteiger partial charge on any atom is 0.342 e. The van der Waals surface area contributed by atoms with Crippen LogP contribution in [-0.2, 0) is 29.1 Å². The normalized spacial score (nSPS) is 9.88. The molecule has 0 aliphatic carbocycles. The first kappa shape index (κ1) is 14.9. The van der Waals surface area contributed by atoms with Crippen LogP contribution in [0.3, 0.4) is 0 Å². The number of hydrogen-bond donors (Lipinski definition) is 0. The van der Waals surface area contributed by atoms with Gasteiger partial charge in [0.15, 0.2) is 0 Å². The van der Waals surface area contributed by atoms with Crippen molar-refractivity contribution < 1.29 is 29.1 Å². The van der Waals surface area contributed by atoms with E-state index >= 15 is 0 Å². The van der Waals surface area contributed by atoms with E-state index in [1.54, 1.807) is 13.8 Å². The van der Waals surface area contributed by atoms with Gasteiger partial charge in [-0.25, -0.2) is 9.59 Å². The van der Waals surface area contributed by atoms with Crippen LogP contribution in [0.5, 0.6) is 0 Å². The Labute approximate surface area is 94.7 Å². The van der Waals surface area contributed by atoms with Crippen LogP contribution in [0.1, 0.15) is 39.5 Å². The molecule has 0 saturated carbocycles. The van der Waals surface area contributed by atoms with Crippen LogP contribution in [0, 0.1) is 13.2 Å². The molecule has 0 aliphatic heterocycles. The van der Waals surface area contributed by atoms with Crippen molar-refractivity contribution in [3.8, 4) is 0 Å². The quantitative estimate of drug-likeness (QED) is 0.343. The van der Waals surface area contributed by atoms with Crippen LogP contribution >= 0.6 is 0 Å². The zero-order valence-electron chi connectivity index (χ0n) is 9.43. The van der Waals surface area contributed by atoms with Crippen LogP contribution in [0.25, 0.3) is 0 Å². The summed E-state index contributed by atoms with van der Waals surface area (Å²) in [5.41, 5.74) is 0. The van der Waals surface area contributed by atoms with Crippen molar-refractivity contribution in [1.82, 2.24) is 0 Å². The Morgan fingerprint density at radius 3 is 1.56 bits per heavy atom. The highest BCUT2D eigenvalue weighted by Gasteiger charge is 2.01. The molecular weight excluding hydrogens is 216 g/mol. The molecule has 0 aromatic rings. The highest BCUT2D eigenvalue weighted by molar-refractivity contribution is 5.68. The van der Waals surface area contributed by atoms with E-state index < -0.39 is 11.9 Å². The monoisotopic (exact) mass is 232 g/mol. The molecule has 0 fully saturated rings. The summed E-state index contributed by atoms with van der Waals surface area (Å²) in [5.74, 6) is -0.873. The largest absolute Gasteiger partial charge is 0.342 e. The van der Waals surface area contributed by atoms with Crippen molar-refractivity contribution in [3.05, 3.63) is 13.2 Å². The van der Waals surface area contributed by atoms with E-state index in [0.29, 0.717) is 12.8 Å². The molecule has 2 radical (unpaired) electrons. The summed E-state index contributed by atoms with van der Waals surface area (Å²) >= 11 is 0. The smallest absolute Gasteiger partial charge is 0.298 e. The van der Waals surface area contributed by atoms with Crippen molar-refractivity contribution in [2.24, 2.45) is 0 Å². The second kappa shape index (κ2) is 10.4. The SMILES string of the molecule is CCC(=O)OO[CH]CC[CH]OOC(=O)CC. The van der Waals surface area contributed by atoms with Gasteiger partial charge in [0.1, 0.15) is 13.2 Å². The number of carbonyl (C=O) groups is 2. The molecule has 6 heteroatoms. The highest BCUT2D eigenvalue weighted by atomic mass is 17.2. The van der Waals surface area contributed by atoms with Crippen molar-refractivity contribution in [2.45, 2.75) is 39.5 Å². The summed E-state index contributed by atoms with van der Waals surface area (Å²) in [4.78, 5) is 38.8. The van der Waals surface area contributed by atoms with E-state index in [2.05, 4.69) is 19.6 Å². The minimum Gasteiger partial charge on any atom is -0.298 e. The Morgan fingerprint density at radius 2 is 1.25 bits per heavy atom. The Bertz CT molecular complexity index is 181. The van der Waals surface area contributed by atoms with Gasteiger partial charge in [-0.1, -0.05) is 13.8 Å². The van der Waals surface area contributed by atoms with Crippen LogP contribution in [0.15, 0.2) is 0 Å². The average Bonchev–Trinajstić information content (AvgIpc) is 2.31. The maximum atomic E-state index is 10.6. The van der Waals surface area contributed by atoms with Crippen LogP contribution in [0.2, 0.25) is 0 Å². The molecule has 0 unspecified atom stereocenters. The van der Waals surface area contributed by atoms with E-state index in [0.717, 1.165) is 0 Å². The first-order valence-corrected chi connectivity index (χ1v) is 5.06. The predicted octanol–water partition coefficient (Wildman–Crippen LogP) is 1.86. The van der Waals surface area contributed by atoms with Gasteiger partial charge in [0.25, 0.3) is 0 Å². The average molecular weight is 232 g/mol. The minimum absolute atomic E-state index is 0.260. The Balaban J connectivity index is 3.10. The van der Waals surface area contributed by atoms with Gasteiger partial charge in [-0.05, 0) is 12.8 Å². The molecule has 0 amide bonds.